The Kier molecular flexibility index (Phi) is 8.78. The molecule has 2 aliphatic rings. The van der Waals surface area contributed by atoms with E-state index in [2.05, 4.69) is 28.2 Å². The number of ether oxygens (including phenoxy) is 2. The zero-order chi connectivity index (χ0) is 31.3. The molecule has 46 heavy (non-hydrogen) atoms. The number of hydrogen-bond acceptors (Lipinski definition) is 6. The Morgan fingerprint density at radius 3 is 2.46 bits per heavy atom. The van der Waals surface area contributed by atoms with Crippen molar-refractivity contribution in [2.45, 2.75) is 31.9 Å². The molecule has 2 amide bonds. The molecule has 1 atom stereocenters. The van der Waals surface area contributed by atoms with Crippen LogP contribution >= 0.6 is 0 Å². The average Bonchev–Trinajstić information content (AvgIpc) is 3.82. The van der Waals surface area contributed by atoms with Gasteiger partial charge in [-0.15, -0.1) is 0 Å². The van der Waals surface area contributed by atoms with Crippen LogP contribution in [0.25, 0.3) is 22.0 Å². The number of piperidine rings is 1. The van der Waals surface area contributed by atoms with E-state index in [-0.39, 0.29) is 24.6 Å². The maximum absolute atomic E-state index is 14.0. The minimum absolute atomic E-state index is 0.0387. The highest BCUT2D eigenvalue weighted by Crippen LogP contribution is 2.35. The van der Waals surface area contributed by atoms with Gasteiger partial charge in [-0.2, -0.15) is 5.10 Å². The third-order valence-electron chi connectivity index (χ3n) is 9.14. The van der Waals surface area contributed by atoms with Crippen LogP contribution in [0.3, 0.4) is 0 Å². The molecule has 2 aliphatic heterocycles. The van der Waals surface area contributed by atoms with Crippen LogP contribution in [0.5, 0.6) is 0 Å². The predicted molar refractivity (Wildman–Crippen MR) is 174 cm³/mol. The maximum Gasteiger partial charge on any atom is 0.410 e. The second kappa shape index (κ2) is 13.6. The number of aromatic nitrogens is 4. The maximum atomic E-state index is 14.0. The van der Waals surface area contributed by atoms with E-state index in [0.717, 1.165) is 46.9 Å². The summed E-state index contributed by atoms with van der Waals surface area (Å²) < 4.78 is 13.1. The number of nitrogens with zero attached hydrogens (tertiary/aromatic N) is 5. The topological polar surface area (TPSA) is 106 Å². The molecule has 0 saturated carbocycles. The summed E-state index contributed by atoms with van der Waals surface area (Å²) in [4.78, 5) is 38.1. The first-order chi connectivity index (χ1) is 22.6. The van der Waals surface area contributed by atoms with E-state index in [0.29, 0.717) is 56.6 Å². The van der Waals surface area contributed by atoms with Crippen molar-refractivity contribution >= 4 is 22.8 Å². The normalized spacial score (nSPS) is 16.4. The molecule has 0 radical (unpaired) electrons. The van der Waals surface area contributed by atoms with Crippen molar-refractivity contribution in [1.29, 1.82) is 0 Å². The monoisotopic (exact) mass is 618 g/mol. The Labute approximate surface area is 267 Å². The number of benzene rings is 3. The van der Waals surface area contributed by atoms with E-state index in [1.807, 2.05) is 76.6 Å². The molecule has 1 unspecified atom stereocenters. The van der Waals surface area contributed by atoms with Gasteiger partial charge < -0.3 is 24.3 Å². The number of likely N-dealkylation sites (tertiary alicyclic amines) is 1. The van der Waals surface area contributed by atoms with Crippen LogP contribution in [0.4, 0.5) is 4.79 Å². The lowest BCUT2D eigenvalue weighted by molar-refractivity contribution is 0.0303. The summed E-state index contributed by atoms with van der Waals surface area (Å²) in [6.07, 6.45) is 7.65. The molecule has 3 aromatic carbocycles. The summed E-state index contributed by atoms with van der Waals surface area (Å²) in [6, 6.07) is 23.9. The lowest BCUT2D eigenvalue weighted by Gasteiger charge is -2.33. The molecular weight excluding hydrogens is 580 g/mol. The van der Waals surface area contributed by atoms with Crippen molar-refractivity contribution < 1.29 is 19.1 Å². The van der Waals surface area contributed by atoms with Gasteiger partial charge in [0.05, 0.1) is 43.0 Å². The summed E-state index contributed by atoms with van der Waals surface area (Å²) in [5.74, 6) is 0.304. The van der Waals surface area contributed by atoms with Gasteiger partial charge in [-0.25, -0.2) is 9.78 Å². The predicted octanol–water partition coefficient (Wildman–Crippen LogP) is 5.93. The van der Waals surface area contributed by atoms with Crippen LogP contribution in [0, 0.1) is 5.92 Å². The van der Waals surface area contributed by atoms with Gasteiger partial charge in [0.25, 0.3) is 5.91 Å². The summed E-state index contributed by atoms with van der Waals surface area (Å²) >= 11 is 0. The lowest BCUT2D eigenvalue weighted by Crippen LogP contribution is -2.40. The highest BCUT2D eigenvalue weighted by atomic mass is 16.6. The molecule has 0 aliphatic carbocycles. The van der Waals surface area contributed by atoms with Gasteiger partial charge in [-0.1, -0.05) is 72.8 Å². The molecule has 0 spiro atoms. The number of hydrogen-bond donors (Lipinski definition) is 1. The van der Waals surface area contributed by atoms with Crippen LogP contribution in [0.2, 0.25) is 0 Å². The SMILES string of the molecule is O=C(OCc1ccccc1)N1CCC(CC(c2cnc[nH]2)n2cc(C(=O)N3CCOCC3)c(-c3cccc4ccccc34)n2)CC1. The first kappa shape index (κ1) is 29.7. The number of aromatic amines is 1. The minimum atomic E-state index is -0.273. The van der Waals surface area contributed by atoms with Gasteiger partial charge in [-0.3, -0.25) is 9.48 Å². The largest absolute Gasteiger partial charge is 0.445 e. The smallest absolute Gasteiger partial charge is 0.410 e. The Balaban J connectivity index is 1.14. The molecule has 5 aromatic rings. The Morgan fingerprint density at radius 1 is 0.913 bits per heavy atom. The number of amides is 2. The molecule has 2 fully saturated rings. The van der Waals surface area contributed by atoms with Crippen LogP contribution in [-0.2, 0) is 16.1 Å². The molecule has 10 heteroatoms. The summed E-state index contributed by atoms with van der Waals surface area (Å²) in [6.45, 7) is 3.69. The molecule has 236 valence electrons. The number of nitrogens with one attached hydrogen (secondary N) is 1. The fraction of sp³-hybridized carbons (Fsp3) is 0.333. The molecular formula is C36H38N6O4. The van der Waals surface area contributed by atoms with E-state index in [1.54, 1.807) is 11.2 Å². The van der Waals surface area contributed by atoms with E-state index >= 15 is 0 Å². The molecule has 2 aromatic heterocycles. The molecule has 2 saturated heterocycles. The number of carbonyl (C=O) groups is 2. The van der Waals surface area contributed by atoms with Gasteiger partial charge >= 0.3 is 6.09 Å². The highest BCUT2D eigenvalue weighted by Gasteiger charge is 2.31. The lowest BCUT2D eigenvalue weighted by atomic mass is 9.89. The molecule has 10 nitrogen and oxygen atoms in total. The molecule has 4 heterocycles. The van der Waals surface area contributed by atoms with Crippen molar-refractivity contribution in [2.24, 2.45) is 5.92 Å². The average molecular weight is 619 g/mol. The van der Waals surface area contributed by atoms with Crippen molar-refractivity contribution in [2.75, 3.05) is 39.4 Å². The number of imidazole rings is 1. The standard InChI is InChI=1S/C36H38N6O4/c43-35(40-17-19-45-20-18-40)31-23-42(39-34(31)30-12-6-10-28-9-4-5-11-29(28)30)33(32-22-37-25-38-32)21-26-13-15-41(16-14-26)36(44)46-24-27-7-2-1-3-8-27/h1-12,22-23,25-26,33H,13-21,24H2,(H,37,38). The van der Waals surface area contributed by atoms with Gasteiger partial charge in [0.2, 0.25) is 0 Å². The summed E-state index contributed by atoms with van der Waals surface area (Å²) in [7, 11) is 0. The fourth-order valence-corrected chi connectivity index (χ4v) is 6.58. The second-order valence-corrected chi connectivity index (χ2v) is 12.0. The van der Waals surface area contributed by atoms with Crippen molar-refractivity contribution in [1.82, 2.24) is 29.5 Å². The van der Waals surface area contributed by atoms with Crippen LogP contribution < -0.4 is 0 Å². The van der Waals surface area contributed by atoms with Crippen molar-refractivity contribution in [3.05, 3.63) is 108 Å². The third kappa shape index (κ3) is 6.39. The van der Waals surface area contributed by atoms with Crippen molar-refractivity contribution in [3.63, 3.8) is 0 Å². The van der Waals surface area contributed by atoms with E-state index in [1.165, 1.54) is 0 Å². The second-order valence-electron chi connectivity index (χ2n) is 12.0. The van der Waals surface area contributed by atoms with Gasteiger partial charge in [0.1, 0.15) is 12.3 Å². The highest BCUT2D eigenvalue weighted by molar-refractivity contribution is 6.04. The molecule has 1 N–H and O–H groups in total. The van der Waals surface area contributed by atoms with E-state index in [4.69, 9.17) is 14.6 Å². The van der Waals surface area contributed by atoms with E-state index in [9.17, 15) is 9.59 Å². The molecule has 7 rings (SSSR count). The zero-order valence-corrected chi connectivity index (χ0v) is 25.8. The quantitative estimate of drug-likeness (QED) is 0.231. The third-order valence-corrected chi connectivity index (χ3v) is 9.14. The van der Waals surface area contributed by atoms with E-state index < -0.39 is 0 Å². The van der Waals surface area contributed by atoms with Gasteiger partial charge in [0.15, 0.2) is 0 Å². The number of carbonyl (C=O) groups excluding carboxylic acids is 2. The van der Waals surface area contributed by atoms with Gasteiger partial charge in [0, 0.05) is 37.9 Å². The number of rotatable bonds is 8. The molecule has 0 bridgehead atoms. The Bertz CT molecular complexity index is 1770. The zero-order valence-electron chi connectivity index (χ0n) is 25.8. The Hall–Kier alpha value is -4.96. The van der Waals surface area contributed by atoms with Crippen LogP contribution in [-0.4, -0.2) is 80.9 Å². The number of H-pyrrole nitrogens is 1. The first-order valence-electron chi connectivity index (χ1n) is 16.0. The number of morpholine rings is 1. The fourth-order valence-electron chi connectivity index (χ4n) is 6.58. The Morgan fingerprint density at radius 2 is 1.67 bits per heavy atom. The first-order valence-corrected chi connectivity index (χ1v) is 16.0. The summed E-state index contributed by atoms with van der Waals surface area (Å²) in [5, 5.41) is 7.32. The van der Waals surface area contributed by atoms with Crippen LogP contribution in [0.15, 0.2) is 91.5 Å². The van der Waals surface area contributed by atoms with Crippen molar-refractivity contribution in [3.8, 4) is 11.3 Å². The summed E-state index contributed by atoms with van der Waals surface area (Å²) in [5.41, 5.74) is 4.09. The minimum Gasteiger partial charge on any atom is -0.445 e. The van der Waals surface area contributed by atoms with Gasteiger partial charge in [-0.05, 0) is 41.5 Å². The number of fused-ring (bicyclic) bond motifs is 1. The van der Waals surface area contributed by atoms with Crippen LogP contribution in [0.1, 0.15) is 46.9 Å².